The minimum absolute atomic E-state index is 0.0900. The average Bonchev–Trinajstić information content (AvgIpc) is 2.43. The maximum Gasteiger partial charge on any atom is 0.244 e. The molecule has 4 nitrogen and oxygen atoms in total. The van der Waals surface area contributed by atoms with Crippen molar-refractivity contribution >= 4 is 10.0 Å². The molecular formula is C16H24N2O2S. The molecule has 1 rings (SSSR count). The maximum atomic E-state index is 12.7. The van der Waals surface area contributed by atoms with E-state index in [9.17, 15) is 8.42 Å². The van der Waals surface area contributed by atoms with Gasteiger partial charge in [0.05, 0.1) is 11.4 Å². The minimum Gasteiger partial charge on any atom is -0.310 e. The highest BCUT2D eigenvalue weighted by Gasteiger charge is 2.24. The minimum atomic E-state index is -3.54. The summed E-state index contributed by atoms with van der Waals surface area (Å²) < 4.78 is 26.7. The van der Waals surface area contributed by atoms with E-state index < -0.39 is 10.0 Å². The summed E-state index contributed by atoms with van der Waals surface area (Å²) in [5.74, 6) is 2.40. The number of nitrogens with one attached hydrogen (secondary N) is 1. The fourth-order valence-electron chi connectivity index (χ4n) is 1.96. The standard InChI is InChI=1S/C16H24N2O2S/c1-6-10-18(7-2)21(19,20)16-11-15(9-8-14(16)5)12-17-13(3)4/h1,8-9,11,13,17H,7,10,12H2,2-5H3. The van der Waals surface area contributed by atoms with Crippen molar-refractivity contribution in [1.29, 1.82) is 0 Å². The first-order chi connectivity index (χ1) is 9.82. The van der Waals surface area contributed by atoms with Crippen molar-refractivity contribution in [2.45, 2.75) is 45.2 Å². The molecule has 0 fully saturated rings. The van der Waals surface area contributed by atoms with Crippen LogP contribution in [0.4, 0.5) is 0 Å². The third kappa shape index (κ3) is 4.57. The maximum absolute atomic E-state index is 12.7. The molecule has 0 aliphatic heterocycles. The summed E-state index contributed by atoms with van der Waals surface area (Å²) in [6.07, 6.45) is 5.26. The second-order valence-electron chi connectivity index (χ2n) is 5.27. The molecule has 0 spiro atoms. The van der Waals surface area contributed by atoms with Crippen LogP contribution in [0, 0.1) is 19.3 Å². The van der Waals surface area contributed by atoms with Gasteiger partial charge in [-0.25, -0.2) is 8.42 Å². The zero-order chi connectivity index (χ0) is 16.0. The van der Waals surface area contributed by atoms with Gasteiger partial charge in [0.1, 0.15) is 0 Å². The number of hydrogen-bond donors (Lipinski definition) is 1. The van der Waals surface area contributed by atoms with Crippen molar-refractivity contribution in [2.24, 2.45) is 0 Å². The number of aryl methyl sites for hydroxylation is 1. The highest BCUT2D eigenvalue weighted by molar-refractivity contribution is 7.89. The topological polar surface area (TPSA) is 49.4 Å². The number of nitrogens with zero attached hydrogens (tertiary/aromatic N) is 1. The lowest BCUT2D eigenvalue weighted by atomic mass is 10.1. The van der Waals surface area contributed by atoms with Crippen LogP contribution in [0.25, 0.3) is 0 Å². The van der Waals surface area contributed by atoms with Gasteiger partial charge in [-0.3, -0.25) is 0 Å². The van der Waals surface area contributed by atoms with Gasteiger partial charge >= 0.3 is 0 Å². The predicted octanol–water partition coefficient (Wildman–Crippen LogP) is 2.14. The number of rotatable bonds is 7. The summed E-state index contributed by atoms with van der Waals surface area (Å²) in [6, 6.07) is 5.87. The Kier molecular flexibility index (Phi) is 6.41. The van der Waals surface area contributed by atoms with E-state index in [1.54, 1.807) is 19.9 Å². The van der Waals surface area contributed by atoms with E-state index in [0.717, 1.165) is 11.1 Å². The van der Waals surface area contributed by atoms with E-state index in [4.69, 9.17) is 6.42 Å². The van der Waals surface area contributed by atoms with Gasteiger partial charge in [0.2, 0.25) is 10.0 Å². The molecule has 0 aliphatic rings. The van der Waals surface area contributed by atoms with Gasteiger partial charge in [0.15, 0.2) is 0 Å². The molecule has 5 heteroatoms. The van der Waals surface area contributed by atoms with Crippen LogP contribution in [-0.4, -0.2) is 31.9 Å². The Balaban J connectivity index is 3.16. The SMILES string of the molecule is C#CCN(CC)S(=O)(=O)c1cc(CNC(C)C)ccc1C. The van der Waals surface area contributed by atoms with Crippen LogP contribution < -0.4 is 5.32 Å². The van der Waals surface area contributed by atoms with Gasteiger partial charge in [0, 0.05) is 19.1 Å². The first kappa shape index (κ1) is 17.7. The molecule has 0 radical (unpaired) electrons. The molecule has 0 heterocycles. The summed E-state index contributed by atoms with van der Waals surface area (Å²) in [4.78, 5) is 0.336. The molecule has 0 unspecified atom stereocenters. The van der Waals surface area contributed by atoms with Crippen molar-refractivity contribution in [2.75, 3.05) is 13.1 Å². The zero-order valence-electron chi connectivity index (χ0n) is 13.2. The quantitative estimate of drug-likeness (QED) is 0.785. The van der Waals surface area contributed by atoms with Gasteiger partial charge in [0.25, 0.3) is 0 Å². The summed E-state index contributed by atoms with van der Waals surface area (Å²) >= 11 is 0. The fourth-order valence-corrected chi connectivity index (χ4v) is 3.60. The van der Waals surface area contributed by atoms with Crippen molar-refractivity contribution in [1.82, 2.24) is 9.62 Å². The molecule has 0 saturated carbocycles. The highest BCUT2D eigenvalue weighted by atomic mass is 32.2. The summed E-state index contributed by atoms with van der Waals surface area (Å²) in [6.45, 7) is 8.79. The van der Waals surface area contributed by atoms with Crippen molar-refractivity contribution < 1.29 is 8.42 Å². The van der Waals surface area contributed by atoms with E-state index in [1.807, 2.05) is 12.1 Å². The first-order valence-electron chi connectivity index (χ1n) is 7.09. The Bertz CT molecular complexity index is 616. The molecule has 0 amide bonds. The Morgan fingerprint density at radius 2 is 2.05 bits per heavy atom. The molecule has 21 heavy (non-hydrogen) atoms. The largest absolute Gasteiger partial charge is 0.310 e. The summed E-state index contributed by atoms with van der Waals surface area (Å²) in [5, 5.41) is 3.29. The lowest BCUT2D eigenvalue weighted by Gasteiger charge is -2.20. The molecule has 0 aliphatic carbocycles. The third-order valence-electron chi connectivity index (χ3n) is 3.21. The smallest absolute Gasteiger partial charge is 0.244 e. The van der Waals surface area contributed by atoms with Crippen LogP contribution in [0.1, 0.15) is 31.9 Å². The lowest BCUT2D eigenvalue weighted by Crippen LogP contribution is -2.32. The number of hydrogen-bond acceptors (Lipinski definition) is 3. The Hall–Kier alpha value is -1.35. The first-order valence-corrected chi connectivity index (χ1v) is 8.53. The van der Waals surface area contributed by atoms with Gasteiger partial charge in [-0.15, -0.1) is 6.42 Å². The monoisotopic (exact) mass is 308 g/mol. The van der Waals surface area contributed by atoms with E-state index >= 15 is 0 Å². The molecule has 0 saturated heterocycles. The zero-order valence-corrected chi connectivity index (χ0v) is 14.0. The predicted molar refractivity (Wildman–Crippen MR) is 86.4 cm³/mol. The molecule has 1 N–H and O–H groups in total. The van der Waals surface area contributed by atoms with Crippen molar-refractivity contribution in [3.63, 3.8) is 0 Å². The normalized spacial score (nSPS) is 11.9. The van der Waals surface area contributed by atoms with Gasteiger partial charge in [-0.05, 0) is 24.1 Å². The molecule has 0 atom stereocenters. The number of benzene rings is 1. The van der Waals surface area contributed by atoms with E-state index in [0.29, 0.717) is 24.0 Å². The fraction of sp³-hybridized carbons (Fsp3) is 0.500. The molecule has 0 bridgehead atoms. The van der Waals surface area contributed by atoms with Crippen molar-refractivity contribution in [3.8, 4) is 12.3 Å². The second kappa shape index (κ2) is 7.60. The molecule has 1 aromatic rings. The average molecular weight is 308 g/mol. The van der Waals surface area contributed by atoms with E-state index in [-0.39, 0.29) is 6.54 Å². The molecule has 116 valence electrons. The van der Waals surface area contributed by atoms with Gasteiger partial charge in [-0.2, -0.15) is 4.31 Å². The van der Waals surface area contributed by atoms with E-state index in [1.165, 1.54) is 4.31 Å². The molecule has 1 aromatic carbocycles. The lowest BCUT2D eigenvalue weighted by molar-refractivity contribution is 0.463. The summed E-state index contributed by atoms with van der Waals surface area (Å²) in [7, 11) is -3.54. The number of sulfonamides is 1. The third-order valence-corrected chi connectivity index (χ3v) is 5.27. The van der Waals surface area contributed by atoms with Crippen LogP contribution >= 0.6 is 0 Å². The van der Waals surface area contributed by atoms with Gasteiger partial charge < -0.3 is 5.32 Å². The van der Waals surface area contributed by atoms with Crippen LogP contribution in [-0.2, 0) is 16.6 Å². The van der Waals surface area contributed by atoms with Gasteiger partial charge in [-0.1, -0.05) is 38.8 Å². The van der Waals surface area contributed by atoms with Crippen LogP contribution in [0.2, 0.25) is 0 Å². The van der Waals surface area contributed by atoms with E-state index in [2.05, 4.69) is 25.1 Å². The Morgan fingerprint density at radius 1 is 1.38 bits per heavy atom. The Morgan fingerprint density at radius 3 is 2.57 bits per heavy atom. The molecular weight excluding hydrogens is 284 g/mol. The number of terminal acetylenes is 1. The van der Waals surface area contributed by atoms with Crippen LogP contribution in [0.15, 0.2) is 23.1 Å². The molecule has 0 aromatic heterocycles. The highest BCUT2D eigenvalue weighted by Crippen LogP contribution is 2.21. The van der Waals surface area contributed by atoms with Crippen LogP contribution in [0.3, 0.4) is 0 Å². The Labute approximate surface area is 128 Å². The van der Waals surface area contributed by atoms with Crippen LogP contribution in [0.5, 0.6) is 0 Å². The van der Waals surface area contributed by atoms with Crippen molar-refractivity contribution in [3.05, 3.63) is 29.3 Å². The second-order valence-corrected chi connectivity index (χ2v) is 7.18. The summed E-state index contributed by atoms with van der Waals surface area (Å²) in [5.41, 5.74) is 1.68.